The van der Waals surface area contributed by atoms with Crippen molar-refractivity contribution in [3.63, 3.8) is 0 Å². The number of carbonyl (C=O) groups is 3. The van der Waals surface area contributed by atoms with E-state index in [1.54, 1.807) is 24.0 Å². The molecule has 4 atom stereocenters. The van der Waals surface area contributed by atoms with Crippen molar-refractivity contribution in [1.82, 2.24) is 4.90 Å². The molecule has 0 spiro atoms. The standard InChI is InChI=1S/C32H33NO4/c1-21-12-11-19-25(20-21)28-26(29(34)23-15-7-4-8-16-23)27(22-13-5-3-6-14-22)32(2,31(36)37)33(28)30(35)24-17-9-10-18-24/h3-8,11-16,19-20,24,26-28H,9-10,17-18H2,1-2H3,(H,36,37). The number of rotatable bonds is 6. The van der Waals surface area contributed by atoms with Gasteiger partial charge in [0, 0.05) is 17.4 Å². The molecule has 190 valence electrons. The van der Waals surface area contributed by atoms with E-state index in [1.165, 1.54) is 0 Å². The predicted octanol–water partition coefficient (Wildman–Crippen LogP) is 6.19. The Kier molecular flexibility index (Phi) is 6.72. The molecule has 5 nitrogen and oxygen atoms in total. The first kappa shape index (κ1) is 24.9. The van der Waals surface area contributed by atoms with Crippen molar-refractivity contribution < 1.29 is 19.5 Å². The quantitative estimate of drug-likeness (QED) is 0.414. The number of Topliss-reactive ketones (excluding diaryl/α,β-unsaturated/α-hetero) is 1. The lowest BCUT2D eigenvalue weighted by molar-refractivity contribution is -0.159. The maximum Gasteiger partial charge on any atom is 0.330 e. The molecule has 3 aromatic rings. The number of likely N-dealkylation sites (tertiary alicyclic amines) is 1. The van der Waals surface area contributed by atoms with Crippen molar-refractivity contribution >= 4 is 17.7 Å². The highest BCUT2D eigenvalue weighted by Crippen LogP contribution is 2.57. The van der Waals surface area contributed by atoms with Crippen LogP contribution in [0.5, 0.6) is 0 Å². The SMILES string of the molecule is Cc1cccc(C2C(C(=O)c3ccccc3)C(c3ccccc3)C(C)(C(=O)O)N2C(=O)C2CCCC2)c1. The molecule has 3 aromatic carbocycles. The average Bonchev–Trinajstić information content (AvgIpc) is 3.54. The number of hydrogen-bond donors (Lipinski definition) is 1. The second-order valence-electron chi connectivity index (χ2n) is 10.6. The number of carboxylic acids is 1. The van der Waals surface area contributed by atoms with Crippen LogP contribution in [-0.4, -0.2) is 33.2 Å². The Morgan fingerprint density at radius 1 is 0.838 bits per heavy atom. The molecule has 0 radical (unpaired) electrons. The number of benzene rings is 3. The van der Waals surface area contributed by atoms with Gasteiger partial charge < -0.3 is 10.0 Å². The Labute approximate surface area is 218 Å². The highest BCUT2D eigenvalue weighted by atomic mass is 16.4. The molecule has 1 N–H and O–H groups in total. The summed E-state index contributed by atoms with van der Waals surface area (Å²) in [5.41, 5.74) is 1.46. The lowest BCUT2D eigenvalue weighted by Gasteiger charge is -2.39. The van der Waals surface area contributed by atoms with Crippen LogP contribution < -0.4 is 0 Å². The molecule has 1 aliphatic carbocycles. The number of amides is 1. The fourth-order valence-corrected chi connectivity index (χ4v) is 6.60. The first-order chi connectivity index (χ1) is 17.8. The van der Waals surface area contributed by atoms with E-state index in [0.29, 0.717) is 5.56 Å². The molecule has 4 unspecified atom stereocenters. The second kappa shape index (κ2) is 9.97. The number of ketones is 1. The minimum Gasteiger partial charge on any atom is -0.479 e. The molecule has 1 saturated carbocycles. The summed E-state index contributed by atoms with van der Waals surface area (Å²) >= 11 is 0. The van der Waals surface area contributed by atoms with E-state index in [4.69, 9.17) is 0 Å². The van der Waals surface area contributed by atoms with Crippen molar-refractivity contribution in [3.8, 4) is 0 Å². The Morgan fingerprint density at radius 3 is 2.03 bits per heavy atom. The van der Waals surface area contributed by atoms with Crippen LogP contribution in [0.25, 0.3) is 0 Å². The number of carbonyl (C=O) groups excluding carboxylic acids is 2. The molecule has 1 aliphatic heterocycles. The molecule has 0 aromatic heterocycles. The summed E-state index contributed by atoms with van der Waals surface area (Å²) in [7, 11) is 0. The Hall–Kier alpha value is -3.73. The molecule has 0 bridgehead atoms. The largest absolute Gasteiger partial charge is 0.479 e. The van der Waals surface area contributed by atoms with Crippen LogP contribution in [0.3, 0.4) is 0 Å². The summed E-state index contributed by atoms with van der Waals surface area (Å²) in [4.78, 5) is 43.5. The Morgan fingerprint density at radius 2 is 1.43 bits per heavy atom. The molecule has 2 aliphatic rings. The number of nitrogens with zero attached hydrogens (tertiary/aromatic N) is 1. The maximum absolute atomic E-state index is 14.4. The molecule has 1 heterocycles. The van der Waals surface area contributed by atoms with Crippen LogP contribution in [0.1, 0.15) is 71.6 Å². The van der Waals surface area contributed by atoms with Crippen LogP contribution in [-0.2, 0) is 9.59 Å². The van der Waals surface area contributed by atoms with E-state index < -0.39 is 29.4 Å². The molecule has 37 heavy (non-hydrogen) atoms. The fourth-order valence-electron chi connectivity index (χ4n) is 6.60. The van der Waals surface area contributed by atoms with Crippen molar-refractivity contribution in [2.45, 2.75) is 57.0 Å². The minimum absolute atomic E-state index is 0.143. The van der Waals surface area contributed by atoms with Crippen LogP contribution in [0.2, 0.25) is 0 Å². The highest BCUT2D eigenvalue weighted by Gasteiger charge is 2.65. The van der Waals surface area contributed by atoms with E-state index >= 15 is 0 Å². The fraction of sp³-hybridized carbons (Fsp3) is 0.344. The van der Waals surface area contributed by atoms with Gasteiger partial charge in [-0.2, -0.15) is 0 Å². The molecule has 5 rings (SSSR count). The maximum atomic E-state index is 14.4. The Balaban J connectivity index is 1.79. The van der Waals surface area contributed by atoms with Crippen LogP contribution in [0.4, 0.5) is 0 Å². The zero-order valence-corrected chi connectivity index (χ0v) is 21.3. The Bertz CT molecular complexity index is 1300. The lowest BCUT2D eigenvalue weighted by Crippen LogP contribution is -2.55. The summed E-state index contributed by atoms with van der Waals surface area (Å²) in [5, 5.41) is 10.9. The second-order valence-corrected chi connectivity index (χ2v) is 10.6. The van der Waals surface area contributed by atoms with Gasteiger partial charge >= 0.3 is 5.97 Å². The van der Waals surface area contributed by atoms with E-state index in [-0.39, 0.29) is 17.6 Å². The van der Waals surface area contributed by atoms with Gasteiger partial charge in [-0.3, -0.25) is 9.59 Å². The third-order valence-electron chi connectivity index (χ3n) is 8.36. The molecular formula is C32H33NO4. The van der Waals surface area contributed by atoms with Crippen molar-refractivity contribution in [1.29, 1.82) is 0 Å². The zero-order valence-electron chi connectivity index (χ0n) is 21.3. The van der Waals surface area contributed by atoms with Gasteiger partial charge in [-0.25, -0.2) is 4.79 Å². The van der Waals surface area contributed by atoms with Gasteiger partial charge in [-0.1, -0.05) is 103 Å². The first-order valence-corrected chi connectivity index (χ1v) is 13.1. The molecule has 1 saturated heterocycles. The number of carboxylic acid groups (broad SMARTS) is 1. The summed E-state index contributed by atoms with van der Waals surface area (Å²) in [5.74, 6) is -3.11. The third kappa shape index (κ3) is 4.26. The van der Waals surface area contributed by atoms with Crippen molar-refractivity contribution in [3.05, 3.63) is 107 Å². The monoisotopic (exact) mass is 495 g/mol. The summed E-state index contributed by atoms with van der Waals surface area (Å²) in [6.45, 7) is 3.61. The zero-order chi connectivity index (χ0) is 26.2. The van der Waals surface area contributed by atoms with Gasteiger partial charge in [0.2, 0.25) is 5.91 Å². The van der Waals surface area contributed by atoms with Gasteiger partial charge in [-0.15, -0.1) is 0 Å². The smallest absolute Gasteiger partial charge is 0.330 e. The number of hydrogen-bond acceptors (Lipinski definition) is 3. The summed E-state index contributed by atoms with van der Waals surface area (Å²) in [6.07, 6.45) is 3.41. The third-order valence-corrected chi connectivity index (χ3v) is 8.36. The number of aliphatic carboxylic acids is 1. The van der Waals surface area contributed by atoms with Gasteiger partial charge in [0.15, 0.2) is 5.78 Å². The predicted molar refractivity (Wildman–Crippen MR) is 142 cm³/mol. The molecule has 2 fully saturated rings. The van der Waals surface area contributed by atoms with Crippen LogP contribution in [0.15, 0.2) is 84.9 Å². The molecule has 5 heteroatoms. The van der Waals surface area contributed by atoms with Crippen LogP contribution >= 0.6 is 0 Å². The van der Waals surface area contributed by atoms with E-state index in [2.05, 4.69) is 0 Å². The van der Waals surface area contributed by atoms with Crippen LogP contribution in [0, 0.1) is 18.8 Å². The molecular weight excluding hydrogens is 462 g/mol. The average molecular weight is 496 g/mol. The van der Waals surface area contributed by atoms with Gasteiger partial charge in [0.05, 0.1) is 12.0 Å². The van der Waals surface area contributed by atoms with Crippen molar-refractivity contribution in [2.75, 3.05) is 0 Å². The van der Waals surface area contributed by atoms with Crippen molar-refractivity contribution in [2.24, 2.45) is 11.8 Å². The van der Waals surface area contributed by atoms with Gasteiger partial charge in [0.1, 0.15) is 5.54 Å². The summed E-state index contributed by atoms with van der Waals surface area (Å²) < 4.78 is 0. The summed E-state index contributed by atoms with van der Waals surface area (Å²) in [6, 6.07) is 25.5. The first-order valence-electron chi connectivity index (χ1n) is 13.1. The van der Waals surface area contributed by atoms with Gasteiger partial charge in [0.25, 0.3) is 0 Å². The number of aryl methyl sites for hydroxylation is 1. The van der Waals surface area contributed by atoms with E-state index in [1.807, 2.05) is 79.7 Å². The van der Waals surface area contributed by atoms with E-state index in [0.717, 1.165) is 42.4 Å². The lowest BCUT2D eigenvalue weighted by atomic mass is 9.71. The van der Waals surface area contributed by atoms with Gasteiger partial charge in [-0.05, 0) is 37.8 Å². The topological polar surface area (TPSA) is 74.7 Å². The highest BCUT2D eigenvalue weighted by molar-refractivity contribution is 6.02. The minimum atomic E-state index is -1.61. The van der Waals surface area contributed by atoms with E-state index in [9.17, 15) is 19.5 Å². The molecule has 1 amide bonds. The normalized spacial score (nSPS) is 25.8.